The number of halogens is 2. The zero-order chi connectivity index (χ0) is 17.0. The second-order valence-corrected chi connectivity index (χ2v) is 5.66. The molecule has 0 N–H and O–H groups in total. The highest BCUT2D eigenvalue weighted by molar-refractivity contribution is 5.78. The molecule has 0 aliphatic heterocycles. The number of rotatable bonds is 7. The molecule has 1 heterocycles. The van der Waals surface area contributed by atoms with Gasteiger partial charge in [0.25, 0.3) is 0 Å². The molecule has 0 aliphatic rings. The highest BCUT2D eigenvalue weighted by Gasteiger charge is 2.37. The van der Waals surface area contributed by atoms with Gasteiger partial charge < -0.3 is 4.74 Å². The smallest absolute Gasteiger partial charge is 0.307 e. The molecule has 0 unspecified atom stereocenters. The summed E-state index contributed by atoms with van der Waals surface area (Å²) in [5.74, 6) is -3.31. The lowest BCUT2D eigenvalue weighted by molar-refractivity contribution is -0.0467. The molecule has 0 saturated heterocycles. The zero-order valence-corrected chi connectivity index (χ0v) is 13.6. The molecule has 24 heavy (non-hydrogen) atoms. The van der Waals surface area contributed by atoms with Crippen LogP contribution in [0, 0.1) is 0 Å². The Morgan fingerprint density at radius 2 is 1.71 bits per heavy atom. The Balaban J connectivity index is 2.04. The van der Waals surface area contributed by atoms with Crippen LogP contribution in [-0.2, 0) is 10.7 Å². The lowest BCUT2D eigenvalue weighted by Gasteiger charge is -2.18. The second kappa shape index (κ2) is 7.09. The first kappa shape index (κ1) is 16.6. The SMILES string of the molecule is CCCOCCC(F)(F)c1nc2ccccc2n1-c1ccccc1. The highest BCUT2D eigenvalue weighted by atomic mass is 19.3. The van der Waals surface area contributed by atoms with Crippen LogP contribution in [-0.4, -0.2) is 22.8 Å². The van der Waals surface area contributed by atoms with Crippen LogP contribution in [0.25, 0.3) is 16.7 Å². The van der Waals surface area contributed by atoms with Gasteiger partial charge in [0.1, 0.15) is 0 Å². The van der Waals surface area contributed by atoms with E-state index >= 15 is 0 Å². The summed E-state index contributed by atoms with van der Waals surface area (Å²) in [5.41, 5.74) is 1.91. The summed E-state index contributed by atoms with van der Waals surface area (Å²) < 4.78 is 36.4. The number of aromatic nitrogens is 2. The van der Waals surface area contributed by atoms with Gasteiger partial charge in [-0.2, -0.15) is 8.78 Å². The van der Waals surface area contributed by atoms with Crippen molar-refractivity contribution in [1.29, 1.82) is 0 Å². The van der Waals surface area contributed by atoms with Gasteiger partial charge in [-0.05, 0) is 30.7 Å². The van der Waals surface area contributed by atoms with Gasteiger partial charge in [-0.3, -0.25) is 4.57 Å². The van der Waals surface area contributed by atoms with E-state index in [1.54, 1.807) is 24.3 Å². The molecule has 1 aromatic heterocycles. The largest absolute Gasteiger partial charge is 0.381 e. The number of hydrogen-bond donors (Lipinski definition) is 0. The fourth-order valence-corrected chi connectivity index (χ4v) is 2.67. The van der Waals surface area contributed by atoms with Crippen LogP contribution in [0.2, 0.25) is 0 Å². The molecule has 3 rings (SSSR count). The Bertz CT molecular complexity index is 799. The van der Waals surface area contributed by atoms with Crippen LogP contribution in [0.3, 0.4) is 0 Å². The Morgan fingerprint density at radius 1 is 1.00 bits per heavy atom. The molecule has 0 spiro atoms. The fourth-order valence-electron chi connectivity index (χ4n) is 2.67. The summed E-state index contributed by atoms with van der Waals surface area (Å²) in [4.78, 5) is 4.22. The van der Waals surface area contributed by atoms with E-state index in [-0.39, 0.29) is 18.9 Å². The van der Waals surface area contributed by atoms with Crippen LogP contribution in [0.4, 0.5) is 8.78 Å². The number of hydrogen-bond acceptors (Lipinski definition) is 2. The molecule has 5 heteroatoms. The average molecular weight is 330 g/mol. The molecule has 0 aliphatic carbocycles. The van der Waals surface area contributed by atoms with Gasteiger partial charge in [0.15, 0.2) is 5.82 Å². The third-order valence-corrected chi connectivity index (χ3v) is 3.81. The van der Waals surface area contributed by atoms with Crippen molar-refractivity contribution in [1.82, 2.24) is 9.55 Å². The van der Waals surface area contributed by atoms with E-state index in [1.165, 1.54) is 4.57 Å². The van der Waals surface area contributed by atoms with E-state index in [2.05, 4.69) is 4.98 Å². The topological polar surface area (TPSA) is 27.1 Å². The van der Waals surface area contributed by atoms with E-state index < -0.39 is 5.92 Å². The van der Waals surface area contributed by atoms with Crippen LogP contribution in [0.5, 0.6) is 0 Å². The Morgan fingerprint density at radius 3 is 2.46 bits per heavy atom. The number of imidazole rings is 1. The molecule has 126 valence electrons. The lowest BCUT2D eigenvalue weighted by atomic mass is 10.2. The Hall–Kier alpha value is -2.27. The molecule has 0 radical (unpaired) electrons. The molecule has 3 nitrogen and oxygen atoms in total. The molecular formula is C19H20F2N2O. The first-order valence-electron chi connectivity index (χ1n) is 8.12. The zero-order valence-electron chi connectivity index (χ0n) is 13.6. The Labute approximate surface area is 139 Å². The Kier molecular flexibility index (Phi) is 4.90. The normalized spacial score (nSPS) is 12.0. The summed E-state index contributed by atoms with van der Waals surface area (Å²) in [5, 5.41) is 0. The third-order valence-electron chi connectivity index (χ3n) is 3.81. The van der Waals surface area contributed by atoms with Crippen molar-refractivity contribution in [2.45, 2.75) is 25.7 Å². The second-order valence-electron chi connectivity index (χ2n) is 5.66. The van der Waals surface area contributed by atoms with Gasteiger partial charge in [0.2, 0.25) is 0 Å². The summed E-state index contributed by atoms with van der Waals surface area (Å²) in [6, 6.07) is 16.3. The van der Waals surface area contributed by atoms with E-state index in [0.29, 0.717) is 23.3 Å². The van der Waals surface area contributed by atoms with Crippen LogP contribution < -0.4 is 0 Å². The van der Waals surface area contributed by atoms with Gasteiger partial charge in [-0.25, -0.2) is 4.98 Å². The van der Waals surface area contributed by atoms with Gasteiger partial charge >= 0.3 is 5.92 Å². The maximum atomic E-state index is 14.8. The molecule has 0 amide bonds. The van der Waals surface area contributed by atoms with Crippen LogP contribution in [0.15, 0.2) is 54.6 Å². The highest BCUT2D eigenvalue weighted by Crippen LogP contribution is 2.35. The summed E-state index contributed by atoms with van der Waals surface area (Å²) >= 11 is 0. The van der Waals surface area contributed by atoms with E-state index in [4.69, 9.17) is 4.74 Å². The minimum absolute atomic E-state index is 0.0127. The number of alkyl halides is 2. The van der Waals surface area contributed by atoms with Crippen molar-refractivity contribution in [2.24, 2.45) is 0 Å². The summed E-state index contributed by atoms with van der Waals surface area (Å²) in [7, 11) is 0. The minimum Gasteiger partial charge on any atom is -0.381 e. The molecule has 0 bridgehead atoms. The van der Waals surface area contributed by atoms with Crippen molar-refractivity contribution in [3.05, 3.63) is 60.4 Å². The van der Waals surface area contributed by atoms with Crippen molar-refractivity contribution in [3.8, 4) is 5.69 Å². The third kappa shape index (κ3) is 3.31. The first-order valence-corrected chi connectivity index (χ1v) is 8.12. The van der Waals surface area contributed by atoms with E-state index in [0.717, 1.165) is 6.42 Å². The monoisotopic (exact) mass is 330 g/mol. The first-order chi connectivity index (χ1) is 11.6. The van der Waals surface area contributed by atoms with Gasteiger partial charge in [0, 0.05) is 18.7 Å². The quantitative estimate of drug-likeness (QED) is 0.574. The number of nitrogens with zero attached hydrogens (tertiary/aromatic N) is 2. The standard InChI is InChI=1S/C19H20F2N2O/c1-2-13-24-14-12-19(20,21)18-22-16-10-6-7-11-17(16)23(18)15-8-4-3-5-9-15/h3-11H,2,12-14H2,1H3. The number of para-hydroxylation sites is 3. The van der Waals surface area contributed by atoms with Gasteiger partial charge in [-0.1, -0.05) is 37.3 Å². The van der Waals surface area contributed by atoms with Crippen LogP contribution in [0.1, 0.15) is 25.6 Å². The molecular weight excluding hydrogens is 310 g/mol. The van der Waals surface area contributed by atoms with Crippen LogP contribution >= 0.6 is 0 Å². The summed E-state index contributed by atoms with van der Waals surface area (Å²) in [6.45, 7) is 2.46. The van der Waals surface area contributed by atoms with Gasteiger partial charge in [0.05, 0.1) is 17.6 Å². The molecule has 0 fully saturated rings. The predicted molar refractivity (Wildman–Crippen MR) is 90.7 cm³/mol. The van der Waals surface area contributed by atoms with Crippen molar-refractivity contribution in [3.63, 3.8) is 0 Å². The molecule has 3 aromatic rings. The molecule has 0 atom stereocenters. The lowest BCUT2D eigenvalue weighted by Crippen LogP contribution is -2.21. The minimum atomic E-state index is -3.07. The summed E-state index contributed by atoms with van der Waals surface area (Å²) in [6.07, 6.45) is 0.428. The average Bonchev–Trinajstić information content (AvgIpc) is 3.00. The van der Waals surface area contributed by atoms with E-state index in [1.807, 2.05) is 37.3 Å². The van der Waals surface area contributed by atoms with E-state index in [9.17, 15) is 8.78 Å². The maximum Gasteiger partial charge on any atom is 0.307 e. The van der Waals surface area contributed by atoms with Crippen molar-refractivity contribution in [2.75, 3.05) is 13.2 Å². The fraction of sp³-hybridized carbons (Fsp3) is 0.316. The van der Waals surface area contributed by atoms with Crippen molar-refractivity contribution < 1.29 is 13.5 Å². The number of fused-ring (bicyclic) bond motifs is 1. The number of benzene rings is 2. The molecule has 0 saturated carbocycles. The van der Waals surface area contributed by atoms with Gasteiger partial charge in [-0.15, -0.1) is 0 Å². The number of ether oxygens (including phenoxy) is 1. The predicted octanol–water partition coefficient (Wildman–Crippen LogP) is 4.93. The van der Waals surface area contributed by atoms with Crippen molar-refractivity contribution >= 4 is 11.0 Å². The maximum absolute atomic E-state index is 14.8. The molecule has 2 aromatic carbocycles.